The van der Waals surface area contributed by atoms with Crippen LogP contribution >= 0.6 is 0 Å². The standard InChI is InChI=1S/2C9H12.2ClH.Ti/c2*1-2-3-6-9-7-4-5-8-9;;;/h2*7H,2-4,6H2,1H3;2*1H;/q;;;;+2/p-2. The summed E-state index contributed by atoms with van der Waals surface area (Å²) in [6.45, 7) is 4.63. The molecular weight excluding hydrogens is 335 g/mol. The molecule has 114 valence electrons. The molecule has 0 amide bonds. The normalized spacial score (nSPS) is 20.9. The zero-order chi connectivity index (χ0) is 13.0. The molecule has 3 heteroatoms. The number of rotatable bonds is 6. The van der Waals surface area contributed by atoms with Gasteiger partial charge in [0.25, 0.3) is 0 Å². The second kappa shape index (κ2) is 6.40. The van der Waals surface area contributed by atoms with Crippen molar-refractivity contribution >= 4 is 0 Å². The Morgan fingerprint density at radius 3 is 1.62 bits per heavy atom. The Kier molecular flexibility index (Phi) is 5.37. The van der Waals surface area contributed by atoms with Crippen LogP contribution in [-0.4, -0.2) is 0 Å². The van der Waals surface area contributed by atoms with Crippen molar-refractivity contribution in [2.75, 3.05) is 0 Å². The number of unbranched alkanes of at least 4 members (excludes halogenated alkanes) is 2. The van der Waals surface area contributed by atoms with Gasteiger partial charge < -0.3 is 24.8 Å². The van der Waals surface area contributed by atoms with E-state index in [9.17, 15) is 0 Å². The first-order valence-electron chi connectivity index (χ1n) is 8.22. The van der Waals surface area contributed by atoms with Crippen molar-refractivity contribution in [3.63, 3.8) is 0 Å². The average Bonchev–Trinajstić information content (AvgIpc) is 3.06. The van der Waals surface area contributed by atoms with Crippen LogP contribution < -0.4 is 24.8 Å². The maximum absolute atomic E-state index is 2.56. The summed E-state index contributed by atoms with van der Waals surface area (Å²) in [4.78, 5) is 0. The van der Waals surface area contributed by atoms with Gasteiger partial charge in [0.2, 0.25) is 0 Å². The van der Waals surface area contributed by atoms with Gasteiger partial charge in [0.05, 0.1) is 0 Å². The van der Waals surface area contributed by atoms with E-state index in [1.54, 1.807) is 11.1 Å². The van der Waals surface area contributed by atoms with Crippen LogP contribution in [0.25, 0.3) is 0 Å². The summed E-state index contributed by atoms with van der Waals surface area (Å²) in [7, 11) is 0. The Labute approximate surface area is 145 Å². The van der Waals surface area contributed by atoms with Crippen molar-refractivity contribution in [2.24, 2.45) is 0 Å². The van der Waals surface area contributed by atoms with Gasteiger partial charge in [-0.3, -0.25) is 0 Å². The molecule has 2 heterocycles. The monoisotopic (exact) mass is 358 g/mol. The molecule has 4 aliphatic rings. The number of hydrogen-bond donors (Lipinski definition) is 0. The molecule has 0 unspecified atom stereocenters. The minimum atomic E-state index is -1.66. The molecule has 2 aliphatic carbocycles. The third-order valence-corrected chi connectivity index (χ3v) is 13.2. The summed E-state index contributed by atoms with van der Waals surface area (Å²) in [6.07, 6.45) is 16.0. The molecule has 0 aromatic heterocycles. The SMILES string of the molecule is CCCCC1=CC[C]2=[C]1[Ti+2]21[C]2=[C]1C(CCCC)=CC2.[Cl-].[Cl-]. The van der Waals surface area contributed by atoms with Gasteiger partial charge in [0.1, 0.15) is 0 Å². The van der Waals surface area contributed by atoms with Crippen molar-refractivity contribution in [3.05, 3.63) is 38.8 Å². The van der Waals surface area contributed by atoms with E-state index in [1.165, 1.54) is 51.4 Å². The molecule has 21 heavy (non-hydrogen) atoms. The van der Waals surface area contributed by atoms with Crippen LogP contribution in [0.15, 0.2) is 38.8 Å². The predicted octanol–water partition coefficient (Wildman–Crippen LogP) is -0.361. The molecule has 0 fully saturated rings. The molecule has 0 aromatic carbocycles. The number of hydrogen-bond acceptors (Lipinski definition) is 0. The van der Waals surface area contributed by atoms with Gasteiger partial charge in [0.15, 0.2) is 0 Å². The summed E-state index contributed by atoms with van der Waals surface area (Å²) >= 11 is -1.66. The summed E-state index contributed by atoms with van der Waals surface area (Å²) in [5, 5.41) is 0. The van der Waals surface area contributed by atoms with E-state index in [0.29, 0.717) is 0 Å². The molecule has 0 saturated heterocycles. The molecule has 0 saturated carbocycles. The van der Waals surface area contributed by atoms with Crippen molar-refractivity contribution in [1.82, 2.24) is 0 Å². The van der Waals surface area contributed by atoms with E-state index in [1.807, 2.05) is 15.5 Å². The van der Waals surface area contributed by atoms with Gasteiger partial charge in [-0.2, -0.15) is 0 Å². The molecule has 1 spiro atoms. The number of allylic oxidation sites excluding steroid dienone is 8. The summed E-state index contributed by atoms with van der Waals surface area (Å²) in [6, 6.07) is 0. The third kappa shape index (κ3) is 2.29. The van der Waals surface area contributed by atoms with Gasteiger partial charge in [0, 0.05) is 0 Å². The van der Waals surface area contributed by atoms with Gasteiger partial charge in [-0.1, -0.05) is 0 Å². The quantitative estimate of drug-likeness (QED) is 0.569. The van der Waals surface area contributed by atoms with Crippen LogP contribution in [0.4, 0.5) is 0 Å². The first kappa shape index (κ1) is 17.6. The Morgan fingerprint density at radius 2 is 1.24 bits per heavy atom. The summed E-state index contributed by atoms with van der Waals surface area (Å²) < 4.78 is 7.91. The fourth-order valence-corrected chi connectivity index (χ4v) is 14.4. The Balaban J connectivity index is 0.000000807. The maximum Gasteiger partial charge on any atom is -1.00 e. The third-order valence-electron chi connectivity index (χ3n) is 5.48. The molecule has 0 N–H and O–H groups in total. The van der Waals surface area contributed by atoms with Crippen LogP contribution in [0.3, 0.4) is 0 Å². The van der Waals surface area contributed by atoms with E-state index in [4.69, 9.17) is 0 Å². The molecule has 0 bridgehead atoms. The van der Waals surface area contributed by atoms with Crippen LogP contribution in [0.2, 0.25) is 0 Å². The summed E-state index contributed by atoms with van der Waals surface area (Å²) in [5.41, 5.74) is 3.59. The molecule has 0 radical (unpaired) electrons. The van der Waals surface area contributed by atoms with E-state index in [-0.39, 0.29) is 24.8 Å². The summed E-state index contributed by atoms with van der Waals surface area (Å²) in [5.74, 6) is 0. The Bertz CT molecular complexity index is 526. The Morgan fingerprint density at radius 1 is 0.810 bits per heavy atom. The van der Waals surface area contributed by atoms with Gasteiger partial charge in [-0.05, 0) is 0 Å². The average molecular weight is 359 g/mol. The fraction of sp³-hybridized carbons (Fsp3) is 0.556. The van der Waals surface area contributed by atoms with Crippen LogP contribution in [0.5, 0.6) is 0 Å². The smallest absolute Gasteiger partial charge is 1.00 e. The second-order valence-electron chi connectivity index (χ2n) is 6.53. The van der Waals surface area contributed by atoms with Crippen molar-refractivity contribution in [2.45, 2.75) is 65.2 Å². The molecule has 0 nitrogen and oxygen atoms in total. The van der Waals surface area contributed by atoms with Crippen molar-refractivity contribution in [3.8, 4) is 0 Å². The van der Waals surface area contributed by atoms with Gasteiger partial charge >= 0.3 is 121 Å². The maximum atomic E-state index is 2.56. The minimum Gasteiger partial charge on any atom is -1.00 e. The topological polar surface area (TPSA) is 0 Å². The molecule has 4 rings (SSSR count). The van der Waals surface area contributed by atoms with E-state index in [2.05, 4.69) is 26.0 Å². The zero-order valence-electron chi connectivity index (χ0n) is 13.1. The Hall–Kier alpha value is 0.254. The zero-order valence-corrected chi connectivity index (χ0v) is 16.1. The largest absolute Gasteiger partial charge is 1.00 e. The van der Waals surface area contributed by atoms with Crippen LogP contribution in [0.1, 0.15) is 65.2 Å². The minimum absolute atomic E-state index is 0. The second-order valence-corrected chi connectivity index (χ2v) is 12.3. The van der Waals surface area contributed by atoms with E-state index < -0.39 is 16.6 Å². The van der Waals surface area contributed by atoms with Crippen molar-refractivity contribution < 1.29 is 41.4 Å². The van der Waals surface area contributed by atoms with Crippen LogP contribution in [0, 0.1) is 0 Å². The van der Waals surface area contributed by atoms with E-state index >= 15 is 0 Å². The van der Waals surface area contributed by atoms with E-state index in [0.717, 1.165) is 0 Å². The van der Waals surface area contributed by atoms with Crippen LogP contribution in [-0.2, 0) is 16.6 Å². The van der Waals surface area contributed by atoms with Gasteiger partial charge in [-0.25, -0.2) is 0 Å². The number of halogens is 2. The first-order valence-corrected chi connectivity index (χ1v) is 11.3. The number of fused-ring (bicyclic) bond motifs is 4. The molecule has 0 aromatic rings. The predicted molar refractivity (Wildman–Crippen MR) is 78.5 cm³/mol. The molecule has 2 aliphatic heterocycles. The van der Waals surface area contributed by atoms with Crippen molar-refractivity contribution in [1.29, 1.82) is 0 Å². The fourth-order valence-electron chi connectivity index (χ4n) is 4.50. The van der Waals surface area contributed by atoms with Gasteiger partial charge in [-0.15, -0.1) is 0 Å². The molecule has 0 atom stereocenters. The first-order chi connectivity index (χ1) is 9.35. The molecular formula is C18H24Cl2Ti.